The SMILES string of the molecule is O=C=NC1CC12CCOC2. The van der Waals surface area contributed by atoms with Crippen LogP contribution in [0.4, 0.5) is 0 Å². The summed E-state index contributed by atoms with van der Waals surface area (Å²) in [6.45, 7) is 1.63. The average molecular weight is 139 g/mol. The molecular weight excluding hydrogens is 130 g/mol. The van der Waals surface area contributed by atoms with Crippen LogP contribution in [0.3, 0.4) is 0 Å². The Morgan fingerprint density at radius 2 is 2.60 bits per heavy atom. The molecule has 1 saturated heterocycles. The van der Waals surface area contributed by atoms with Gasteiger partial charge in [-0.05, 0) is 12.8 Å². The molecule has 1 heterocycles. The van der Waals surface area contributed by atoms with Crippen LogP contribution >= 0.6 is 0 Å². The van der Waals surface area contributed by atoms with E-state index in [1.54, 1.807) is 6.08 Å². The van der Waals surface area contributed by atoms with Crippen LogP contribution in [0.5, 0.6) is 0 Å². The Balaban J connectivity index is 2.03. The Hall–Kier alpha value is -0.660. The lowest BCUT2D eigenvalue weighted by atomic mass is 10.1. The first kappa shape index (κ1) is 6.08. The fraction of sp³-hybridized carbons (Fsp3) is 0.857. The molecule has 0 radical (unpaired) electrons. The topological polar surface area (TPSA) is 38.7 Å². The number of aliphatic imine (C=N–C) groups is 1. The summed E-state index contributed by atoms with van der Waals surface area (Å²) in [6.07, 6.45) is 3.70. The van der Waals surface area contributed by atoms with Crippen molar-refractivity contribution in [2.45, 2.75) is 18.9 Å². The van der Waals surface area contributed by atoms with Gasteiger partial charge in [-0.15, -0.1) is 0 Å². The molecule has 3 heteroatoms. The predicted molar refractivity (Wildman–Crippen MR) is 34.4 cm³/mol. The summed E-state index contributed by atoms with van der Waals surface area (Å²) in [5, 5.41) is 0. The van der Waals surface area contributed by atoms with Gasteiger partial charge in [0.25, 0.3) is 0 Å². The molecule has 0 bridgehead atoms. The monoisotopic (exact) mass is 139 g/mol. The van der Waals surface area contributed by atoms with E-state index in [4.69, 9.17) is 4.74 Å². The molecule has 0 aromatic heterocycles. The van der Waals surface area contributed by atoms with Gasteiger partial charge in [-0.2, -0.15) is 0 Å². The smallest absolute Gasteiger partial charge is 0.235 e. The van der Waals surface area contributed by atoms with Gasteiger partial charge in [-0.25, -0.2) is 9.79 Å². The second-order valence-corrected chi connectivity index (χ2v) is 3.11. The van der Waals surface area contributed by atoms with Crippen LogP contribution in [0.2, 0.25) is 0 Å². The molecule has 2 unspecified atom stereocenters. The van der Waals surface area contributed by atoms with E-state index < -0.39 is 0 Å². The van der Waals surface area contributed by atoms with E-state index in [0.717, 1.165) is 26.1 Å². The molecule has 0 amide bonds. The maximum absolute atomic E-state index is 9.86. The highest BCUT2D eigenvalue weighted by molar-refractivity contribution is 5.36. The van der Waals surface area contributed by atoms with E-state index in [9.17, 15) is 4.79 Å². The predicted octanol–water partition coefficient (Wildman–Crippen LogP) is 0.501. The molecule has 1 aliphatic heterocycles. The maximum atomic E-state index is 9.86. The van der Waals surface area contributed by atoms with Crippen LogP contribution in [0.25, 0.3) is 0 Å². The fourth-order valence-corrected chi connectivity index (χ4v) is 1.62. The minimum absolute atomic E-state index is 0.229. The highest BCUT2D eigenvalue weighted by atomic mass is 16.5. The summed E-state index contributed by atoms with van der Waals surface area (Å²) in [5.74, 6) is 0. The summed E-state index contributed by atoms with van der Waals surface area (Å²) < 4.78 is 5.21. The second-order valence-electron chi connectivity index (χ2n) is 3.11. The lowest BCUT2D eigenvalue weighted by molar-refractivity contribution is 0.181. The van der Waals surface area contributed by atoms with Crippen molar-refractivity contribution in [2.75, 3.05) is 13.2 Å². The van der Waals surface area contributed by atoms with Crippen molar-refractivity contribution in [1.29, 1.82) is 0 Å². The van der Waals surface area contributed by atoms with E-state index in [0.29, 0.717) is 0 Å². The Labute approximate surface area is 59.1 Å². The zero-order chi connectivity index (χ0) is 7.03. The van der Waals surface area contributed by atoms with Crippen LogP contribution < -0.4 is 0 Å². The highest BCUT2D eigenvalue weighted by Crippen LogP contribution is 2.53. The molecule has 3 nitrogen and oxygen atoms in total. The number of carbonyl (C=O) groups excluding carboxylic acids is 1. The molecule has 0 aromatic rings. The number of rotatable bonds is 1. The zero-order valence-electron chi connectivity index (χ0n) is 5.67. The first-order valence-electron chi connectivity index (χ1n) is 3.52. The van der Waals surface area contributed by atoms with Gasteiger partial charge in [0.1, 0.15) is 0 Å². The van der Waals surface area contributed by atoms with Gasteiger partial charge in [-0.3, -0.25) is 0 Å². The molecule has 1 spiro atoms. The maximum Gasteiger partial charge on any atom is 0.235 e. The van der Waals surface area contributed by atoms with Crippen molar-refractivity contribution in [3.05, 3.63) is 0 Å². The molecule has 2 fully saturated rings. The molecule has 2 rings (SSSR count). The summed E-state index contributed by atoms with van der Waals surface area (Å²) >= 11 is 0. The molecule has 1 saturated carbocycles. The van der Waals surface area contributed by atoms with E-state index in [-0.39, 0.29) is 11.5 Å². The third-order valence-electron chi connectivity index (χ3n) is 2.49. The van der Waals surface area contributed by atoms with Gasteiger partial charge in [0.05, 0.1) is 12.6 Å². The fourth-order valence-electron chi connectivity index (χ4n) is 1.62. The Morgan fingerprint density at radius 3 is 3.20 bits per heavy atom. The number of isocyanates is 1. The molecule has 0 N–H and O–H groups in total. The molecule has 54 valence electrons. The van der Waals surface area contributed by atoms with Crippen molar-refractivity contribution in [2.24, 2.45) is 10.4 Å². The molecule has 2 aliphatic rings. The standard InChI is InChI=1S/C7H9NO2/c9-5-8-6-3-7(6)1-2-10-4-7/h6H,1-4H2. The number of hydrogen-bond acceptors (Lipinski definition) is 3. The largest absolute Gasteiger partial charge is 0.381 e. The van der Waals surface area contributed by atoms with E-state index in [2.05, 4.69) is 4.99 Å². The van der Waals surface area contributed by atoms with E-state index in [1.807, 2.05) is 0 Å². The molecule has 0 aromatic carbocycles. The lowest BCUT2D eigenvalue weighted by Gasteiger charge is -1.98. The minimum atomic E-state index is 0.229. The Kier molecular flexibility index (Phi) is 1.16. The van der Waals surface area contributed by atoms with Crippen molar-refractivity contribution in [1.82, 2.24) is 0 Å². The normalized spacial score (nSPS) is 43.4. The first-order chi connectivity index (χ1) is 4.87. The van der Waals surface area contributed by atoms with Gasteiger partial charge >= 0.3 is 0 Å². The van der Waals surface area contributed by atoms with Gasteiger partial charge in [0.15, 0.2) is 0 Å². The van der Waals surface area contributed by atoms with Crippen molar-refractivity contribution in [3.8, 4) is 0 Å². The molecular formula is C7H9NO2. The van der Waals surface area contributed by atoms with Crippen molar-refractivity contribution in [3.63, 3.8) is 0 Å². The number of hydrogen-bond donors (Lipinski definition) is 0. The minimum Gasteiger partial charge on any atom is -0.381 e. The van der Waals surface area contributed by atoms with Gasteiger partial charge in [0, 0.05) is 12.0 Å². The molecule has 10 heavy (non-hydrogen) atoms. The van der Waals surface area contributed by atoms with Gasteiger partial charge in [-0.1, -0.05) is 0 Å². The average Bonchev–Trinajstić information content (AvgIpc) is 2.43. The van der Waals surface area contributed by atoms with Gasteiger partial charge < -0.3 is 4.74 Å². The first-order valence-corrected chi connectivity index (χ1v) is 3.52. The van der Waals surface area contributed by atoms with E-state index >= 15 is 0 Å². The van der Waals surface area contributed by atoms with Crippen molar-refractivity contribution >= 4 is 6.08 Å². The summed E-state index contributed by atoms with van der Waals surface area (Å²) in [4.78, 5) is 13.5. The van der Waals surface area contributed by atoms with Crippen LogP contribution in [-0.2, 0) is 9.53 Å². The van der Waals surface area contributed by atoms with Crippen LogP contribution in [0, 0.1) is 5.41 Å². The quantitative estimate of drug-likeness (QED) is 0.392. The number of ether oxygens (including phenoxy) is 1. The zero-order valence-corrected chi connectivity index (χ0v) is 5.67. The molecule has 2 atom stereocenters. The second kappa shape index (κ2) is 1.91. The van der Waals surface area contributed by atoms with Crippen LogP contribution in [0.15, 0.2) is 4.99 Å². The Morgan fingerprint density at radius 1 is 1.70 bits per heavy atom. The summed E-state index contributed by atoms with van der Waals surface area (Å²) in [6, 6.07) is 0.229. The van der Waals surface area contributed by atoms with Gasteiger partial charge in [0.2, 0.25) is 6.08 Å². The third kappa shape index (κ3) is 0.713. The summed E-state index contributed by atoms with van der Waals surface area (Å²) in [7, 11) is 0. The third-order valence-corrected chi connectivity index (χ3v) is 2.49. The van der Waals surface area contributed by atoms with Crippen LogP contribution in [-0.4, -0.2) is 25.3 Å². The lowest BCUT2D eigenvalue weighted by Crippen LogP contribution is -2.03. The molecule has 1 aliphatic carbocycles. The van der Waals surface area contributed by atoms with E-state index in [1.165, 1.54) is 0 Å². The number of nitrogens with zero attached hydrogens (tertiary/aromatic N) is 1. The highest BCUT2D eigenvalue weighted by Gasteiger charge is 2.56. The van der Waals surface area contributed by atoms with Crippen LogP contribution in [0.1, 0.15) is 12.8 Å². The van der Waals surface area contributed by atoms with Crippen molar-refractivity contribution < 1.29 is 9.53 Å². The Bertz CT molecular complexity index is 190. The summed E-state index contributed by atoms with van der Waals surface area (Å²) in [5.41, 5.74) is 0.261.